The predicted molar refractivity (Wildman–Crippen MR) is 399 cm³/mol. The number of methoxy groups -OCH3 is 1. The van der Waals surface area contributed by atoms with E-state index in [2.05, 4.69) is 85.0 Å². The number of piperazine rings is 1. The van der Waals surface area contributed by atoms with E-state index in [1.165, 1.54) is 13.2 Å². The molecule has 9 aromatic rings. The predicted octanol–water partition coefficient (Wildman–Crippen LogP) is 6.77. The highest BCUT2D eigenvalue weighted by Gasteiger charge is 2.24. The van der Waals surface area contributed by atoms with Gasteiger partial charge in [-0.2, -0.15) is 20.2 Å². The fourth-order valence-electron chi connectivity index (χ4n) is 12.1. The molecule has 31 nitrogen and oxygen atoms in total. The van der Waals surface area contributed by atoms with E-state index in [-0.39, 0.29) is 41.4 Å². The smallest absolute Gasteiger partial charge is 0.407 e. The second-order valence-electron chi connectivity index (χ2n) is 26.4. The van der Waals surface area contributed by atoms with Crippen LogP contribution in [0.4, 0.5) is 10.6 Å². The van der Waals surface area contributed by atoms with Gasteiger partial charge < -0.3 is 70.5 Å². The summed E-state index contributed by atoms with van der Waals surface area (Å²) in [6, 6.07) is 17.3. The zero-order valence-corrected chi connectivity index (χ0v) is 62.0. The van der Waals surface area contributed by atoms with Crippen molar-refractivity contribution in [3.63, 3.8) is 0 Å². The third-order valence-corrected chi connectivity index (χ3v) is 18.3. The first kappa shape index (κ1) is 76.7. The van der Waals surface area contributed by atoms with Crippen molar-refractivity contribution >= 4 is 86.4 Å². The number of hydrogen-bond donors (Lipinski definition) is 7. The van der Waals surface area contributed by atoms with Crippen molar-refractivity contribution in [3.8, 4) is 23.3 Å². The van der Waals surface area contributed by atoms with Crippen LogP contribution >= 0.6 is 11.8 Å². The molecule has 1 aliphatic heterocycles. The lowest BCUT2D eigenvalue weighted by atomic mass is 10.1. The van der Waals surface area contributed by atoms with E-state index in [1.807, 2.05) is 71.0 Å². The summed E-state index contributed by atoms with van der Waals surface area (Å²) in [6.07, 6.45) is 10.0. The summed E-state index contributed by atoms with van der Waals surface area (Å²) < 4.78 is 26.1. The number of primary amides is 2. The van der Waals surface area contributed by atoms with Crippen molar-refractivity contribution in [2.75, 3.05) is 83.7 Å². The van der Waals surface area contributed by atoms with Crippen molar-refractivity contribution in [2.24, 2.45) is 21.5 Å². The maximum absolute atomic E-state index is 14.0. The molecule has 1 aliphatic rings. The summed E-state index contributed by atoms with van der Waals surface area (Å²) in [7, 11) is 1.47. The van der Waals surface area contributed by atoms with E-state index in [9.17, 15) is 28.8 Å². The molecule has 1 fully saturated rings. The molecule has 32 heteroatoms. The van der Waals surface area contributed by atoms with Gasteiger partial charge in [-0.05, 0) is 135 Å². The summed E-state index contributed by atoms with van der Waals surface area (Å²) in [4.78, 5) is 108. The molecule has 0 saturated carbocycles. The number of anilines is 1. The summed E-state index contributed by atoms with van der Waals surface area (Å²) in [6.45, 7) is 23.6. The van der Waals surface area contributed by atoms with Crippen LogP contribution in [-0.2, 0) is 42.3 Å². The van der Waals surface area contributed by atoms with E-state index < -0.39 is 35.3 Å². The zero-order valence-electron chi connectivity index (χ0n) is 61.1. The first-order valence-electron chi connectivity index (χ1n) is 35.6. The Morgan fingerprint density at radius 1 is 0.686 bits per heavy atom. The second-order valence-corrected chi connectivity index (χ2v) is 27.5. The van der Waals surface area contributed by atoms with Crippen molar-refractivity contribution in [2.45, 2.75) is 144 Å². The number of nitrogens with zero attached hydrogens (tertiary/aromatic N) is 15. The second kappa shape index (κ2) is 36.0. The number of rotatable bonds is 33. The van der Waals surface area contributed by atoms with Crippen LogP contribution in [-0.4, -0.2) is 193 Å². The molecule has 0 unspecified atom stereocenters. The van der Waals surface area contributed by atoms with E-state index >= 15 is 0 Å². The zero-order chi connectivity index (χ0) is 74.7. The van der Waals surface area contributed by atoms with E-state index in [1.54, 1.807) is 79.1 Å². The number of thioether (sulfide) groups is 1. The van der Waals surface area contributed by atoms with Crippen LogP contribution in [0.25, 0.3) is 33.2 Å². The Bertz CT molecular complexity index is 4850. The van der Waals surface area contributed by atoms with Crippen LogP contribution in [0.5, 0.6) is 11.5 Å². The van der Waals surface area contributed by atoms with E-state index in [0.29, 0.717) is 136 Å². The number of benzene rings is 3. The van der Waals surface area contributed by atoms with Gasteiger partial charge in [0.2, 0.25) is 23.1 Å². The third kappa shape index (κ3) is 20.5. The van der Waals surface area contributed by atoms with Gasteiger partial charge in [-0.3, -0.25) is 33.3 Å². The highest BCUT2D eigenvalue weighted by Crippen LogP contribution is 2.29. The fraction of sp³-hybridized carbons (Fsp3) is 0.452. The van der Waals surface area contributed by atoms with Gasteiger partial charge in [0.15, 0.2) is 22.1 Å². The number of H-pyrrole nitrogens is 2. The van der Waals surface area contributed by atoms with Crippen LogP contribution in [0.3, 0.4) is 0 Å². The van der Waals surface area contributed by atoms with Gasteiger partial charge in [0.05, 0.1) is 42.7 Å². The van der Waals surface area contributed by atoms with Crippen molar-refractivity contribution in [1.29, 1.82) is 0 Å². The van der Waals surface area contributed by atoms with Crippen LogP contribution in [0.1, 0.15) is 151 Å². The number of imidazole rings is 2. The Kier molecular flexibility index (Phi) is 26.3. The summed E-state index contributed by atoms with van der Waals surface area (Å²) >= 11 is 1.55. The normalized spacial score (nSPS) is 13.3. The lowest BCUT2D eigenvalue weighted by Gasteiger charge is -2.34. The number of aromatic amines is 2. The number of hydrogen-bond acceptors (Lipinski definition) is 19. The number of aryl methyl sites for hydroxylation is 4. The van der Waals surface area contributed by atoms with Crippen molar-refractivity contribution < 1.29 is 43.0 Å². The Morgan fingerprint density at radius 2 is 1.26 bits per heavy atom. The van der Waals surface area contributed by atoms with Crippen LogP contribution in [0, 0.1) is 25.7 Å². The van der Waals surface area contributed by atoms with E-state index in [0.717, 1.165) is 89.1 Å². The van der Waals surface area contributed by atoms with Gasteiger partial charge in [0.25, 0.3) is 17.7 Å². The maximum Gasteiger partial charge on any atom is 0.407 e. The third-order valence-electron chi connectivity index (χ3n) is 17.2. The molecule has 10 rings (SSSR count). The number of carbonyl (C=O) groups excluding carboxylic acids is 6. The first-order chi connectivity index (χ1) is 50.6. The number of unbranched alkanes of at least 4 members (excludes halogenated alkanes) is 4. The fourth-order valence-corrected chi connectivity index (χ4v) is 12.8. The molecule has 7 heterocycles. The van der Waals surface area contributed by atoms with Crippen LogP contribution in [0.2, 0.25) is 0 Å². The average molecular weight is 1460 g/mol. The standard InChI is InChI=1S/C73H94N22O9S/c1-10-39-105-71-81-65(77-28-29-78-72(101)104-73(6,7)8)60-66(82-71)95(88-85-60)46-50-23-21-49(22-24-50)25-26-59(96)76-27-16-14-13-15-17-30-89-34-36-90(37-35-89)31-20-38-103-58-45-52(64(75)98)43-54-62(58)92(70(80-54)84-68(100)56-41-48(5)87-94(56)12-3)33-19-18-32-91-61-53(42-51(63(74)97)44-57(61)102-9)79-69(91)83-67(99)55-40-47(4)86-93(55)11-2/h18-19,21-24,40-45H,10-17,20,27-39,46H2,1-9H3,(H2,74,97)(H2,75,98)(H,76,96)(H,78,101)(H,77,81,82)(H,79,83,99)(H,80,84,100)/b19-18+. The molecule has 0 spiro atoms. The molecular formula is C73H94N22O9S. The molecule has 3 aromatic carbocycles. The van der Waals surface area contributed by atoms with Crippen LogP contribution in [0.15, 0.2) is 88.0 Å². The molecule has 9 N–H and O–H groups in total. The van der Waals surface area contributed by atoms with Crippen LogP contribution < -0.4 is 48.1 Å². The molecule has 0 radical (unpaired) electrons. The van der Waals surface area contributed by atoms with E-state index in [4.69, 9.17) is 35.6 Å². The molecular weight excluding hydrogens is 1360 g/mol. The van der Waals surface area contributed by atoms with Crippen molar-refractivity contribution in [3.05, 3.63) is 129 Å². The van der Waals surface area contributed by atoms with Gasteiger partial charge in [0, 0.05) is 107 Å². The SMILES string of the molecule is CCCSc1nc(NCCNC(=O)OC(C)(C)C)c2nnn(Cc3ccc(C#CC(=O)NCCCCCCCN4CCN(CCCOc5cc(C(N)=O)cc6[nH]/c(=N/C(=O)c7cc(C)nn7CC)n(C/C=C/Cn7/c(=N\C(=O)c8cc(C)nn8CC)[nH]c8cc(C(N)=O)cc(OC)c87)c56)CC4)cc3)c2n1. The monoisotopic (exact) mass is 1450 g/mol. The highest BCUT2D eigenvalue weighted by atomic mass is 32.2. The van der Waals surface area contributed by atoms with Gasteiger partial charge >= 0.3 is 6.09 Å². The average Bonchev–Trinajstić information content (AvgIpc) is 1.63. The van der Waals surface area contributed by atoms with Gasteiger partial charge in [-0.25, -0.2) is 19.4 Å². The summed E-state index contributed by atoms with van der Waals surface area (Å²) in [5.41, 5.74) is 18.4. The summed E-state index contributed by atoms with van der Waals surface area (Å²) in [5, 5.41) is 27.3. The van der Waals surface area contributed by atoms with Gasteiger partial charge in [-0.1, -0.05) is 73.4 Å². The number of allylic oxidation sites excluding steroid dienone is 2. The number of ether oxygens (including phenoxy) is 3. The molecule has 556 valence electrons. The van der Waals surface area contributed by atoms with Gasteiger partial charge in [-0.15, -0.1) is 5.10 Å². The number of nitrogens with two attached hydrogens (primary N) is 2. The number of fused-ring (bicyclic) bond motifs is 3. The minimum atomic E-state index is -0.668. The molecule has 0 bridgehead atoms. The highest BCUT2D eigenvalue weighted by molar-refractivity contribution is 7.99. The Hall–Kier alpha value is -10.9. The molecule has 0 atom stereocenters. The number of carbonyl (C=O) groups is 6. The minimum Gasteiger partial charge on any atom is -0.494 e. The molecule has 6 aromatic heterocycles. The first-order valence-corrected chi connectivity index (χ1v) is 36.6. The van der Waals surface area contributed by atoms with Gasteiger partial charge in [0.1, 0.15) is 39.5 Å². The molecule has 0 aliphatic carbocycles. The Morgan fingerprint density at radius 3 is 1.83 bits per heavy atom. The molecule has 6 amide bonds. The topological polar surface area (TPSA) is 383 Å². The Labute approximate surface area is 612 Å². The number of nitrogens with one attached hydrogen (secondary N) is 5. The quantitative estimate of drug-likeness (QED) is 0.00733. The number of alkyl carbamates (subject to hydrolysis) is 1. The minimum absolute atomic E-state index is 0.144. The number of amides is 6. The lowest BCUT2D eigenvalue weighted by molar-refractivity contribution is -0.115. The number of aromatic nitrogens is 13. The lowest BCUT2D eigenvalue weighted by Crippen LogP contribution is -2.46. The molecule has 105 heavy (non-hydrogen) atoms. The largest absolute Gasteiger partial charge is 0.494 e. The summed E-state index contributed by atoms with van der Waals surface area (Å²) in [5.74, 6) is 5.06. The Balaban J connectivity index is 0.690. The maximum atomic E-state index is 14.0. The molecule has 1 saturated heterocycles. The van der Waals surface area contributed by atoms with Crippen molar-refractivity contribution in [1.82, 2.24) is 84.1 Å².